The lowest BCUT2D eigenvalue weighted by Gasteiger charge is -2.33. The number of aryl methyl sites for hydroxylation is 2. The second-order valence-electron chi connectivity index (χ2n) is 6.66. The molecule has 2 aliphatic rings. The molecule has 1 fully saturated rings. The number of hydrogen-bond donors (Lipinski definition) is 0. The average molecular weight is 361 g/mol. The van der Waals surface area contributed by atoms with Crippen LogP contribution in [0.5, 0.6) is 0 Å². The number of carbonyl (C=O) groups is 1. The zero-order valence-corrected chi connectivity index (χ0v) is 15.8. The van der Waals surface area contributed by atoms with Gasteiger partial charge in [0.1, 0.15) is 11.6 Å². The number of aromatic nitrogens is 2. The van der Waals surface area contributed by atoms with E-state index in [4.69, 9.17) is 0 Å². The Hall–Kier alpha value is -3.20. The maximum absolute atomic E-state index is 12.9. The summed E-state index contributed by atoms with van der Waals surface area (Å²) in [4.78, 5) is 26.1. The molecule has 0 unspecified atom stereocenters. The molecule has 2 aliphatic heterocycles. The molecule has 1 saturated heterocycles. The highest BCUT2D eigenvalue weighted by Gasteiger charge is 2.31. The first kappa shape index (κ1) is 18.6. The molecular weight excluding hydrogens is 338 g/mol. The molecule has 1 aromatic heterocycles. The van der Waals surface area contributed by atoms with Crippen LogP contribution in [0.4, 0.5) is 5.82 Å². The van der Waals surface area contributed by atoms with Crippen LogP contribution in [-0.2, 0) is 13.1 Å². The molecule has 0 saturated carbocycles. The topological polar surface area (TPSA) is 73.1 Å². The van der Waals surface area contributed by atoms with Crippen LogP contribution in [0.3, 0.4) is 0 Å². The minimum Gasteiger partial charge on any atom is -0.356 e. The Kier molecular flexibility index (Phi) is 5.22. The van der Waals surface area contributed by atoms with E-state index in [2.05, 4.69) is 34.1 Å². The Morgan fingerprint density at radius 3 is 2.56 bits per heavy atom. The summed E-state index contributed by atoms with van der Waals surface area (Å²) in [5.74, 6) is 1.66. The number of hydrogen-bond acceptors (Lipinski definition) is 5. The van der Waals surface area contributed by atoms with Crippen molar-refractivity contribution in [3.63, 3.8) is 0 Å². The van der Waals surface area contributed by atoms with Gasteiger partial charge in [0.2, 0.25) is 0 Å². The van der Waals surface area contributed by atoms with Crippen LogP contribution in [-0.4, -0.2) is 33.9 Å². The number of anilines is 1. The zero-order valence-electron chi connectivity index (χ0n) is 15.8. The van der Waals surface area contributed by atoms with Crippen molar-refractivity contribution < 1.29 is 4.79 Å². The van der Waals surface area contributed by atoms with Gasteiger partial charge in [0.25, 0.3) is 5.91 Å². The van der Waals surface area contributed by atoms with Gasteiger partial charge in [0.05, 0.1) is 30.4 Å². The predicted molar refractivity (Wildman–Crippen MR) is 104 cm³/mol. The molecule has 0 spiro atoms. The Morgan fingerprint density at radius 1 is 1.19 bits per heavy atom. The maximum Gasteiger partial charge on any atom is 0.254 e. The third-order valence-corrected chi connectivity index (χ3v) is 4.92. The fraction of sp³-hybridized carbons (Fsp3) is 0.333. The Labute approximate surface area is 159 Å². The molecule has 1 aromatic carbocycles. The fourth-order valence-corrected chi connectivity index (χ4v) is 3.35. The van der Waals surface area contributed by atoms with Crippen LogP contribution in [0.15, 0.2) is 31.4 Å². The van der Waals surface area contributed by atoms with E-state index in [0.29, 0.717) is 24.2 Å². The van der Waals surface area contributed by atoms with Gasteiger partial charge in [0.15, 0.2) is 0 Å². The molecule has 3 heterocycles. The second kappa shape index (κ2) is 7.58. The standard InChI is InChI=1S/C19H19N5O.C2H4/c1-12-4-5-14(8-15(12)9-20)19(25)24-10-16-17(11-24)21-13(2)22-18(16)23-6-3-7-23;1-2/h4-5,8H,3,6-7,10-11H2,1-2H3;1-2H2. The predicted octanol–water partition coefficient (Wildman–Crippen LogP) is 3.13. The van der Waals surface area contributed by atoms with E-state index in [9.17, 15) is 10.1 Å². The van der Waals surface area contributed by atoms with Crippen LogP contribution in [0.25, 0.3) is 0 Å². The number of carbonyl (C=O) groups excluding carboxylic acids is 1. The summed E-state index contributed by atoms with van der Waals surface area (Å²) in [7, 11) is 0. The normalized spacial score (nSPS) is 14.6. The minimum absolute atomic E-state index is 0.0679. The highest BCUT2D eigenvalue weighted by Crippen LogP contribution is 2.32. The molecule has 0 N–H and O–H groups in total. The summed E-state index contributed by atoms with van der Waals surface area (Å²) in [6.45, 7) is 12.8. The van der Waals surface area contributed by atoms with E-state index in [1.807, 2.05) is 19.9 Å². The monoisotopic (exact) mass is 361 g/mol. The van der Waals surface area contributed by atoms with Gasteiger partial charge >= 0.3 is 0 Å². The number of rotatable bonds is 2. The van der Waals surface area contributed by atoms with Crippen molar-refractivity contribution in [1.29, 1.82) is 5.26 Å². The van der Waals surface area contributed by atoms with E-state index < -0.39 is 0 Å². The van der Waals surface area contributed by atoms with Crippen LogP contribution in [0.2, 0.25) is 0 Å². The SMILES string of the molecule is C=C.Cc1nc2c(c(N3CCC3)n1)CN(C(=O)c1ccc(C)c(C#N)c1)C2. The summed E-state index contributed by atoms with van der Waals surface area (Å²) in [6, 6.07) is 7.43. The third kappa shape index (κ3) is 3.41. The minimum atomic E-state index is -0.0679. The number of nitrogens with zero attached hydrogens (tertiary/aromatic N) is 5. The summed E-state index contributed by atoms with van der Waals surface area (Å²) >= 11 is 0. The van der Waals surface area contributed by atoms with Gasteiger partial charge < -0.3 is 9.80 Å². The molecule has 1 amide bonds. The number of fused-ring (bicyclic) bond motifs is 1. The molecule has 4 rings (SSSR count). The molecule has 6 nitrogen and oxygen atoms in total. The molecule has 0 bridgehead atoms. The number of benzene rings is 1. The van der Waals surface area contributed by atoms with E-state index in [1.54, 1.807) is 17.0 Å². The van der Waals surface area contributed by atoms with Crippen LogP contribution >= 0.6 is 0 Å². The second-order valence-corrected chi connectivity index (χ2v) is 6.66. The average Bonchev–Trinajstić information content (AvgIpc) is 3.06. The van der Waals surface area contributed by atoms with Crippen molar-refractivity contribution in [2.24, 2.45) is 0 Å². The lowest BCUT2D eigenvalue weighted by molar-refractivity contribution is 0.0750. The Bertz CT molecular complexity index is 927. The highest BCUT2D eigenvalue weighted by molar-refractivity contribution is 5.95. The lowest BCUT2D eigenvalue weighted by atomic mass is 10.1. The lowest BCUT2D eigenvalue weighted by Crippen LogP contribution is -2.38. The van der Waals surface area contributed by atoms with Gasteiger partial charge in [0, 0.05) is 24.2 Å². The quantitative estimate of drug-likeness (QED) is 0.769. The summed E-state index contributed by atoms with van der Waals surface area (Å²) < 4.78 is 0. The fourth-order valence-electron chi connectivity index (χ4n) is 3.35. The van der Waals surface area contributed by atoms with Crippen LogP contribution < -0.4 is 4.90 Å². The first-order chi connectivity index (χ1) is 13.1. The van der Waals surface area contributed by atoms with Crippen molar-refractivity contribution in [3.05, 3.63) is 65.1 Å². The Balaban J connectivity index is 0.00000102. The van der Waals surface area contributed by atoms with E-state index in [0.717, 1.165) is 41.6 Å². The molecule has 0 aliphatic carbocycles. The first-order valence-electron chi connectivity index (χ1n) is 8.98. The van der Waals surface area contributed by atoms with Crippen molar-refractivity contribution in [3.8, 4) is 6.07 Å². The van der Waals surface area contributed by atoms with Gasteiger partial charge in [-0.05, 0) is 38.0 Å². The van der Waals surface area contributed by atoms with Gasteiger partial charge in [-0.3, -0.25) is 4.79 Å². The molecule has 2 aromatic rings. The van der Waals surface area contributed by atoms with Crippen LogP contribution in [0, 0.1) is 25.2 Å². The molecule has 138 valence electrons. The Morgan fingerprint density at radius 2 is 1.93 bits per heavy atom. The zero-order chi connectivity index (χ0) is 19.6. The van der Waals surface area contributed by atoms with E-state index in [-0.39, 0.29) is 5.91 Å². The van der Waals surface area contributed by atoms with Gasteiger partial charge in [-0.1, -0.05) is 6.07 Å². The third-order valence-electron chi connectivity index (χ3n) is 4.92. The van der Waals surface area contributed by atoms with Gasteiger partial charge in [-0.25, -0.2) is 9.97 Å². The maximum atomic E-state index is 12.9. The van der Waals surface area contributed by atoms with Gasteiger partial charge in [-0.2, -0.15) is 5.26 Å². The van der Waals surface area contributed by atoms with Crippen LogP contribution in [0.1, 0.15) is 45.0 Å². The molecule has 0 atom stereocenters. The van der Waals surface area contributed by atoms with Crippen molar-refractivity contribution in [1.82, 2.24) is 14.9 Å². The smallest absolute Gasteiger partial charge is 0.254 e. The summed E-state index contributed by atoms with van der Waals surface area (Å²) in [6.07, 6.45) is 1.18. The first-order valence-corrected chi connectivity index (χ1v) is 8.98. The van der Waals surface area contributed by atoms with Crippen molar-refractivity contribution in [2.75, 3.05) is 18.0 Å². The van der Waals surface area contributed by atoms with Crippen molar-refractivity contribution in [2.45, 2.75) is 33.4 Å². The van der Waals surface area contributed by atoms with E-state index >= 15 is 0 Å². The summed E-state index contributed by atoms with van der Waals surface area (Å²) in [5, 5.41) is 9.19. The molecule has 6 heteroatoms. The molecular formula is C21H23N5O. The largest absolute Gasteiger partial charge is 0.356 e. The molecule has 27 heavy (non-hydrogen) atoms. The van der Waals surface area contributed by atoms with Gasteiger partial charge in [-0.15, -0.1) is 13.2 Å². The number of nitriles is 1. The van der Waals surface area contributed by atoms with E-state index in [1.165, 1.54) is 6.42 Å². The molecule has 0 radical (unpaired) electrons. The summed E-state index contributed by atoms with van der Waals surface area (Å²) in [5.41, 5.74) is 3.97. The number of amides is 1. The highest BCUT2D eigenvalue weighted by atomic mass is 16.2. The van der Waals surface area contributed by atoms with Crippen molar-refractivity contribution >= 4 is 11.7 Å².